The van der Waals surface area contributed by atoms with Gasteiger partial charge in [0.25, 0.3) is 0 Å². The maximum Gasteiger partial charge on any atom is 0.220 e. The summed E-state index contributed by atoms with van der Waals surface area (Å²) >= 11 is 0. The molecule has 226 valence electrons. The third kappa shape index (κ3) is 7.64. The van der Waals surface area contributed by atoms with E-state index in [9.17, 15) is 14.6 Å². The van der Waals surface area contributed by atoms with E-state index in [1.807, 2.05) is 0 Å². The summed E-state index contributed by atoms with van der Waals surface area (Å²) in [5.41, 5.74) is 12.5. The number of nitrogens with two attached hydrogens (primary N) is 1. The summed E-state index contributed by atoms with van der Waals surface area (Å²) in [4.78, 5) is 23.7. The molecule has 2 aromatic heterocycles. The van der Waals surface area contributed by atoms with Gasteiger partial charge in [0.2, 0.25) is 11.8 Å². The van der Waals surface area contributed by atoms with Crippen LogP contribution in [0.4, 0.5) is 10.3 Å². The molecule has 0 radical (unpaired) electrons. The van der Waals surface area contributed by atoms with Crippen LogP contribution in [0.1, 0.15) is 43.4 Å². The smallest absolute Gasteiger partial charge is 0.220 e. The number of anilines is 1. The van der Waals surface area contributed by atoms with Crippen molar-refractivity contribution in [3.63, 3.8) is 0 Å². The van der Waals surface area contributed by atoms with Crippen LogP contribution in [0.25, 0.3) is 11.3 Å². The molecule has 3 aromatic rings. The number of aliphatic hydroxyl groups is 2. The Morgan fingerprint density at radius 2 is 1.88 bits per heavy atom. The summed E-state index contributed by atoms with van der Waals surface area (Å²) in [6.07, 6.45) is -2.34. The molecule has 0 amide bonds. The number of aliphatic imine (C=N–C) groups is 1. The average Bonchev–Trinajstić information content (AvgIpc) is 3.20. The quantitative estimate of drug-likeness (QED) is 0.306. The first-order valence-electron chi connectivity index (χ1n) is 11.7. The molecule has 0 saturated carbocycles. The number of nitrogens with one attached hydrogen (secondary N) is 1. The van der Waals surface area contributed by atoms with Crippen LogP contribution in [0.2, 0.25) is 0 Å². The molecule has 11 nitrogen and oxygen atoms in total. The molecule has 2 aliphatic heterocycles. The van der Waals surface area contributed by atoms with E-state index < -0.39 is 30.2 Å². The molecule has 1 fully saturated rings. The van der Waals surface area contributed by atoms with Gasteiger partial charge in [-0.15, -0.1) is 0 Å². The first kappa shape index (κ1) is 36.0. The number of amidine groups is 1. The fraction of sp³-hybridized carbons (Fsp3) is 0.407. The number of hydrogen-bond acceptors (Lipinski definition) is 11. The predicted molar refractivity (Wildman–Crippen MR) is 165 cm³/mol. The average molecular weight is 611 g/mol. The van der Waals surface area contributed by atoms with Crippen molar-refractivity contribution in [1.82, 2.24) is 20.4 Å². The van der Waals surface area contributed by atoms with Gasteiger partial charge in [-0.25, -0.2) is 24.8 Å². The third-order valence-electron chi connectivity index (χ3n) is 6.35. The van der Waals surface area contributed by atoms with Crippen LogP contribution in [0.5, 0.6) is 5.88 Å². The number of halogens is 1. The first-order valence-corrected chi connectivity index (χ1v) is 11.7. The van der Waals surface area contributed by atoms with E-state index in [0.29, 0.717) is 46.3 Å². The molecular formula is C27H39FN6O5S2. The lowest BCUT2D eigenvalue weighted by Crippen LogP contribution is -2.38. The van der Waals surface area contributed by atoms with Crippen molar-refractivity contribution in [2.75, 3.05) is 26.1 Å². The molecule has 1 saturated heterocycles. The van der Waals surface area contributed by atoms with Crippen LogP contribution in [0.3, 0.4) is 0 Å². The number of hydrogen-bond donors (Lipinski definition) is 4. The molecular weight excluding hydrogens is 571 g/mol. The summed E-state index contributed by atoms with van der Waals surface area (Å²) in [5.74, 6) is 0.469. The molecule has 2 aliphatic rings. The van der Waals surface area contributed by atoms with Crippen molar-refractivity contribution in [1.29, 1.82) is 0 Å². The Morgan fingerprint density at radius 1 is 1.12 bits per heavy atom. The Labute approximate surface area is 253 Å². The van der Waals surface area contributed by atoms with Gasteiger partial charge in [-0.3, -0.25) is 9.83 Å². The van der Waals surface area contributed by atoms with E-state index in [1.165, 1.54) is 19.2 Å². The minimum Gasteiger partial charge on any atom is -0.481 e. The lowest BCUT2D eigenvalue weighted by atomic mass is 9.91. The van der Waals surface area contributed by atoms with Crippen LogP contribution in [-0.2, 0) is 16.0 Å². The van der Waals surface area contributed by atoms with Gasteiger partial charge in [-0.05, 0) is 30.7 Å². The fourth-order valence-corrected chi connectivity index (χ4v) is 4.54. The van der Waals surface area contributed by atoms with E-state index in [2.05, 4.69) is 20.4 Å². The lowest BCUT2D eigenvalue weighted by molar-refractivity contribution is -0.0457. The first-order chi connectivity index (χ1) is 17.8. The molecule has 4 heterocycles. The number of rotatable bonds is 6. The fourth-order valence-electron chi connectivity index (χ4n) is 4.54. The Hall–Kier alpha value is -3.01. The second-order valence-electron chi connectivity index (χ2n) is 8.83. The lowest BCUT2D eigenvalue weighted by Gasteiger charge is -2.26. The second kappa shape index (κ2) is 15.3. The highest BCUT2D eigenvalue weighted by atomic mass is 32.1. The van der Waals surface area contributed by atoms with Gasteiger partial charge in [0.15, 0.2) is 5.84 Å². The number of ether oxygens (including phenoxy) is 2. The Balaban J connectivity index is 0.00000210. The van der Waals surface area contributed by atoms with Gasteiger partial charge >= 0.3 is 0 Å². The maximum absolute atomic E-state index is 14.4. The molecule has 41 heavy (non-hydrogen) atoms. The molecule has 4 atom stereocenters. The SMILES string of the molecule is C.C.COc1cccc(-c2cc(F)ccc2[C@H]2Cc3nc(N)nc(C)c3C(NOC[C@H]3OC[C@H](O)[C@@H]3O)=N2)n1.S.S. The topological polar surface area (TPSA) is 157 Å². The minimum absolute atomic E-state index is 0. The van der Waals surface area contributed by atoms with Crippen molar-refractivity contribution >= 4 is 38.8 Å². The van der Waals surface area contributed by atoms with E-state index in [1.54, 1.807) is 31.2 Å². The van der Waals surface area contributed by atoms with Crippen molar-refractivity contribution in [3.8, 4) is 17.1 Å². The number of aliphatic hydroxyl groups excluding tert-OH is 2. The molecule has 0 aliphatic carbocycles. The number of nitrogen functional groups attached to an aromatic ring is 1. The van der Waals surface area contributed by atoms with Crippen LogP contribution < -0.4 is 16.0 Å². The van der Waals surface area contributed by atoms with Crippen LogP contribution in [-0.4, -0.2) is 69.6 Å². The van der Waals surface area contributed by atoms with Gasteiger partial charge < -0.3 is 25.4 Å². The van der Waals surface area contributed by atoms with Crippen molar-refractivity contribution < 1.29 is 28.9 Å². The molecule has 5 N–H and O–H groups in total. The predicted octanol–water partition coefficient (Wildman–Crippen LogP) is 2.76. The zero-order valence-corrected chi connectivity index (χ0v) is 23.3. The minimum atomic E-state index is -1.06. The largest absolute Gasteiger partial charge is 0.481 e. The number of hydroxylamine groups is 1. The van der Waals surface area contributed by atoms with Crippen LogP contribution in [0.15, 0.2) is 41.4 Å². The van der Waals surface area contributed by atoms with Gasteiger partial charge in [0.05, 0.1) is 42.4 Å². The highest BCUT2D eigenvalue weighted by Crippen LogP contribution is 2.36. The highest BCUT2D eigenvalue weighted by molar-refractivity contribution is 7.59. The Bertz CT molecular complexity index is 1350. The number of fused-ring (bicyclic) bond motifs is 1. The third-order valence-corrected chi connectivity index (χ3v) is 6.35. The van der Waals surface area contributed by atoms with Gasteiger partial charge in [0.1, 0.15) is 30.7 Å². The standard InChI is InChI=1S/C25H27FN6O5.2CH4.2H2S/c1-12-22-18(31-25(27)28-12)9-17(30-24(22)32-37-11-20-23(34)19(33)10-36-20)14-7-6-13(26)8-15(14)16-4-3-5-21(29-16)35-2;;;;/h3-8,17,19-20,23,33-34H,9-11H2,1-2H3,(H,30,32)(H2,27,28,31);2*1H4;2*1H2/t17-,19+,20-,23+;;;;/m1..../s1. The van der Waals surface area contributed by atoms with E-state index >= 15 is 0 Å². The molecule has 1 aromatic carbocycles. The molecule has 14 heteroatoms. The van der Waals surface area contributed by atoms with Crippen LogP contribution >= 0.6 is 27.0 Å². The number of pyridine rings is 1. The zero-order valence-electron chi connectivity index (χ0n) is 21.3. The van der Waals surface area contributed by atoms with Crippen molar-refractivity contribution in [2.24, 2.45) is 4.99 Å². The Morgan fingerprint density at radius 3 is 2.56 bits per heavy atom. The Kier molecular flexibility index (Phi) is 13.4. The normalized spacial score (nSPS) is 20.7. The van der Waals surface area contributed by atoms with E-state index in [0.717, 1.165) is 5.56 Å². The van der Waals surface area contributed by atoms with E-state index in [4.69, 9.17) is 25.0 Å². The summed E-state index contributed by atoms with van der Waals surface area (Å²) in [5, 5.41) is 19.7. The van der Waals surface area contributed by atoms with Gasteiger partial charge in [-0.2, -0.15) is 27.0 Å². The summed E-state index contributed by atoms with van der Waals surface area (Å²) in [6, 6.07) is 9.24. The molecule has 5 rings (SSSR count). The molecule has 0 unspecified atom stereocenters. The van der Waals surface area contributed by atoms with Crippen LogP contribution in [0, 0.1) is 12.7 Å². The monoisotopic (exact) mass is 610 g/mol. The van der Waals surface area contributed by atoms with Gasteiger partial charge in [0, 0.05) is 18.1 Å². The summed E-state index contributed by atoms with van der Waals surface area (Å²) in [7, 11) is 1.52. The second-order valence-corrected chi connectivity index (χ2v) is 8.83. The van der Waals surface area contributed by atoms with E-state index in [-0.39, 0.29) is 61.0 Å². The number of aromatic nitrogens is 3. The van der Waals surface area contributed by atoms with Gasteiger partial charge in [-0.1, -0.05) is 27.0 Å². The number of benzene rings is 1. The number of nitrogens with zero attached hydrogens (tertiary/aromatic N) is 4. The number of methoxy groups -OCH3 is 1. The van der Waals surface area contributed by atoms with Crippen molar-refractivity contribution in [2.45, 2.75) is 52.6 Å². The van der Waals surface area contributed by atoms with Crippen molar-refractivity contribution in [3.05, 3.63) is 64.7 Å². The molecule has 0 bridgehead atoms. The zero-order chi connectivity index (χ0) is 26.1. The highest BCUT2D eigenvalue weighted by Gasteiger charge is 2.35. The maximum atomic E-state index is 14.4. The number of aryl methyl sites for hydroxylation is 1. The summed E-state index contributed by atoms with van der Waals surface area (Å²) in [6.45, 7) is 1.78. The summed E-state index contributed by atoms with van der Waals surface area (Å²) < 4.78 is 25.0. The molecule has 0 spiro atoms.